The Morgan fingerprint density at radius 2 is 2.19 bits per heavy atom. The molecule has 0 radical (unpaired) electrons. The lowest BCUT2D eigenvalue weighted by Gasteiger charge is -2.21. The summed E-state index contributed by atoms with van der Waals surface area (Å²) in [6.45, 7) is 2.98. The second-order valence-electron chi connectivity index (χ2n) is 3.63. The van der Waals surface area contributed by atoms with Crippen molar-refractivity contribution >= 4 is 27.4 Å². The summed E-state index contributed by atoms with van der Waals surface area (Å²) in [5.74, 6) is 0.0700. The average Bonchev–Trinajstić information content (AvgIpc) is 2.25. The van der Waals surface area contributed by atoms with Crippen LogP contribution in [0.1, 0.15) is 17.3 Å². The molecule has 3 nitrogen and oxygen atoms in total. The molecule has 0 amide bonds. The first-order valence-corrected chi connectivity index (χ1v) is 5.86. The van der Waals surface area contributed by atoms with Gasteiger partial charge in [-0.3, -0.25) is 4.79 Å². The summed E-state index contributed by atoms with van der Waals surface area (Å²) in [5.41, 5.74) is 1.67. The molecule has 0 aromatic heterocycles. The van der Waals surface area contributed by atoms with Gasteiger partial charge in [-0.25, -0.2) is 0 Å². The summed E-state index contributed by atoms with van der Waals surface area (Å²) >= 11 is 3.37. The second-order valence-corrected chi connectivity index (χ2v) is 4.55. The van der Waals surface area contributed by atoms with E-state index in [1.54, 1.807) is 14.0 Å². The molecule has 0 N–H and O–H groups in total. The van der Waals surface area contributed by atoms with Crippen molar-refractivity contribution in [1.82, 2.24) is 0 Å². The first-order chi connectivity index (χ1) is 7.56. The first kappa shape index (κ1) is 13.2. The fraction of sp³-hybridized carbons (Fsp3) is 0.417. The van der Waals surface area contributed by atoms with E-state index in [1.165, 1.54) is 0 Å². The number of ketones is 1. The van der Waals surface area contributed by atoms with Crippen LogP contribution in [0.25, 0.3) is 0 Å². The number of rotatable bonds is 5. The molecule has 1 aromatic rings. The SMILES string of the molecule is COCCN(C)c1ccc(Br)cc1C(C)=O. The van der Waals surface area contributed by atoms with Crippen molar-refractivity contribution < 1.29 is 9.53 Å². The molecule has 0 unspecified atom stereocenters. The van der Waals surface area contributed by atoms with Gasteiger partial charge in [0, 0.05) is 36.4 Å². The zero-order valence-corrected chi connectivity index (χ0v) is 11.4. The van der Waals surface area contributed by atoms with E-state index in [2.05, 4.69) is 15.9 Å². The summed E-state index contributed by atoms with van der Waals surface area (Å²) in [7, 11) is 3.62. The number of carbonyl (C=O) groups excluding carboxylic acids is 1. The number of benzene rings is 1. The summed E-state index contributed by atoms with van der Waals surface area (Å²) in [6, 6.07) is 5.72. The van der Waals surface area contributed by atoms with E-state index in [4.69, 9.17) is 4.74 Å². The maximum atomic E-state index is 11.5. The maximum Gasteiger partial charge on any atom is 0.161 e. The predicted octanol–water partition coefficient (Wildman–Crippen LogP) is 2.73. The third-order valence-corrected chi connectivity index (χ3v) is 2.87. The molecule has 16 heavy (non-hydrogen) atoms. The number of ether oxygens (including phenoxy) is 1. The van der Waals surface area contributed by atoms with E-state index in [0.29, 0.717) is 6.61 Å². The van der Waals surface area contributed by atoms with Crippen LogP contribution in [-0.4, -0.2) is 33.1 Å². The minimum atomic E-state index is 0.0700. The third-order valence-electron chi connectivity index (χ3n) is 2.38. The van der Waals surface area contributed by atoms with Crippen LogP contribution in [0.15, 0.2) is 22.7 Å². The number of hydrogen-bond donors (Lipinski definition) is 0. The van der Waals surface area contributed by atoms with Crippen LogP contribution < -0.4 is 4.90 Å². The van der Waals surface area contributed by atoms with Gasteiger partial charge in [0.15, 0.2) is 5.78 Å². The molecule has 0 heterocycles. The van der Waals surface area contributed by atoms with Crippen LogP contribution in [0.5, 0.6) is 0 Å². The molecular weight excluding hydrogens is 270 g/mol. The van der Waals surface area contributed by atoms with E-state index in [0.717, 1.165) is 22.3 Å². The fourth-order valence-electron chi connectivity index (χ4n) is 1.47. The van der Waals surface area contributed by atoms with Crippen LogP contribution >= 0.6 is 15.9 Å². The van der Waals surface area contributed by atoms with Crippen molar-refractivity contribution in [3.05, 3.63) is 28.2 Å². The van der Waals surface area contributed by atoms with Gasteiger partial charge >= 0.3 is 0 Å². The van der Waals surface area contributed by atoms with Gasteiger partial charge in [-0.05, 0) is 25.1 Å². The van der Waals surface area contributed by atoms with Gasteiger partial charge in [-0.2, -0.15) is 0 Å². The van der Waals surface area contributed by atoms with Gasteiger partial charge in [0.2, 0.25) is 0 Å². The Bertz CT molecular complexity index is 379. The molecule has 0 aliphatic heterocycles. The van der Waals surface area contributed by atoms with Gasteiger partial charge in [0.25, 0.3) is 0 Å². The zero-order chi connectivity index (χ0) is 12.1. The van der Waals surface area contributed by atoms with Gasteiger partial charge in [0.05, 0.1) is 6.61 Å². The number of anilines is 1. The molecule has 88 valence electrons. The lowest BCUT2D eigenvalue weighted by atomic mass is 10.1. The van der Waals surface area contributed by atoms with E-state index < -0.39 is 0 Å². The topological polar surface area (TPSA) is 29.5 Å². The normalized spacial score (nSPS) is 10.2. The van der Waals surface area contributed by atoms with Gasteiger partial charge in [-0.15, -0.1) is 0 Å². The number of likely N-dealkylation sites (N-methyl/N-ethyl adjacent to an activating group) is 1. The minimum absolute atomic E-state index is 0.0700. The monoisotopic (exact) mass is 285 g/mol. The van der Waals surface area contributed by atoms with E-state index in [9.17, 15) is 4.79 Å². The molecule has 0 saturated carbocycles. The highest BCUT2D eigenvalue weighted by atomic mass is 79.9. The number of Topliss-reactive ketones (excluding diaryl/α,β-unsaturated/α-hetero) is 1. The van der Waals surface area contributed by atoms with E-state index >= 15 is 0 Å². The summed E-state index contributed by atoms with van der Waals surface area (Å²) in [4.78, 5) is 13.5. The Morgan fingerprint density at radius 3 is 2.75 bits per heavy atom. The number of hydrogen-bond acceptors (Lipinski definition) is 3. The molecule has 0 spiro atoms. The smallest absolute Gasteiger partial charge is 0.161 e. The summed E-state index contributed by atoms with van der Waals surface area (Å²) in [5, 5.41) is 0. The lowest BCUT2D eigenvalue weighted by Crippen LogP contribution is -2.23. The van der Waals surface area contributed by atoms with Gasteiger partial charge in [0.1, 0.15) is 0 Å². The Labute approximate surface area is 105 Å². The number of halogens is 1. The highest BCUT2D eigenvalue weighted by molar-refractivity contribution is 9.10. The molecule has 0 saturated heterocycles. The number of methoxy groups -OCH3 is 1. The molecule has 0 aliphatic carbocycles. The zero-order valence-electron chi connectivity index (χ0n) is 9.79. The Hall–Kier alpha value is -0.870. The van der Waals surface area contributed by atoms with Gasteiger partial charge < -0.3 is 9.64 Å². The van der Waals surface area contributed by atoms with Crippen molar-refractivity contribution in [2.24, 2.45) is 0 Å². The van der Waals surface area contributed by atoms with Crippen LogP contribution in [0, 0.1) is 0 Å². The molecular formula is C12H16BrNO2. The van der Waals surface area contributed by atoms with Crippen LogP contribution in [0.4, 0.5) is 5.69 Å². The van der Waals surface area contributed by atoms with Crippen LogP contribution in [-0.2, 0) is 4.74 Å². The number of nitrogens with zero attached hydrogens (tertiary/aromatic N) is 1. The molecule has 0 bridgehead atoms. The Balaban J connectivity index is 2.98. The van der Waals surface area contributed by atoms with Crippen molar-refractivity contribution in [3.63, 3.8) is 0 Å². The second kappa shape index (κ2) is 6.01. The van der Waals surface area contributed by atoms with Crippen molar-refractivity contribution in [2.75, 3.05) is 32.2 Å². The standard InChI is InChI=1S/C12H16BrNO2/c1-9(15)11-8-10(13)4-5-12(11)14(2)6-7-16-3/h4-5,8H,6-7H2,1-3H3. The van der Waals surface area contributed by atoms with Gasteiger partial charge in [-0.1, -0.05) is 15.9 Å². The van der Waals surface area contributed by atoms with Crippen molar-refractivity contribution in [3.8, 4) is 0 Å². The molecule has 1 rings (SSSR count). The highest BCUT2D eigenvalue weighted by Gasteiger charge is 2.11. The Kier molecular flexibility index (Phi) is 4.96. The molecule has 4 heteroatoms. The summed E-state index contributed by atoms with van der Waals surface area (Å²) in [6.07, 6.45) is 0. The quantitative estimate of drug-likeness (QED) is 0.779. The molecule has 0 aliphatic rings. The fourth-order valence-corrected chi connectivity index (χ4v) is 1.83. The maximum absolute atomic E-state index is 11.5. The first-order valence-electron chi connectivity index (χ1n) is 5.07. The predicted molar refractivity (Wildman–Crippen MR) is 69.3 cm³/mol. The summed E-state index contributed by atoms with van der Waals surface area (Å²) < 4.78 is 5.94. The molecule has 1 aromatic carbocycles. The highest BCUT2D eigenvalue weighted by Crippen LogP contribution is 2.24. The average molecular weight is 286 g/mol. The Morgan fingerprint density at radius 1 is 1.50 bits per heavy atom. The lowest BCUT2D eigenvalue weighted by molar-refractivity contribution is 0.101. The van der Waals surface area contributed by atoms with E-state index in [-0.39, 0.29) is 5.78 Å². The van der Waals surface area contributed by atoms with E-state index in [1.807, 2.05) is 30.1 Å². The van der Waals surface area contributed by atoms with Crippen molar-refractivity contribution in [2.45, 2.75) is 6.92 Å². The van der Waals surface area contributed by atoms with Crippen molar-refractivity contribution in [1.29, 1.82) is 0 Å². The largest absolute Gasteiger partial charge is 0.383 e. The van der Waals surface area contributed by atoms with Crippen LogP contribution in [0.3, 0.4) is 0 Å². The molecule has 0 atom stereocenters. The molecule has 0 fully saturated rings. The minimum Gasteiger partial charge on any atom is -0.383 e. The third kappa shape index (κ3) is 3.32. The number of carbonyl (C=O) groups is 1. The van der Waals surface area contributed by atoms with Crippen LogP contribution in [0.2, 0.25) is 0 Å².